The van der Waals surface area contributed by atoms with Gasteiger partial charge < -0.3 is 0 Å². The standard InChI is InChI=1S/C18H27NO3SSi/c1-13-9-11-14(12-10-13)23(21,22)19-16-8-6-5-7-15(16)17(18(19)20)24(2,3)4/h9-12,15-17H,5-8H2,1-4H3/t15-,16-,17+/m1/s1. The minimum atomic E-state index is -3.76. The minimum Gasteiger partial charge on any atom is -0.274 e. The van der Waals surface area contributed by atoms with E-state index in [-0.39, 0.29) is 28.3 Å². The number of fused-ring (bicyclic) bond motifs is 1. The SMILES string of the molecule is Cc1ccc(S(=O)(=O)N2C(=O)[C@@H]([Si](C)(C)C)[C@@H]3CCCC[C@H]32)cc1. The molecule has 2 fully saturated rings. The number of hydrogen-bond donors (Lipinski definition) is 0. The van der Waals surface area contributed by atoms with Gasteiger partial charge in [-0.1, -0.05) is 50.2 Å². The average Bonchev–Trinajstić information content (AvgIpc) is 2.79. The molecule has 3 rings (SSSR count). The Labute approximate surface area is 146 Å². The highest BCUT2D eigenvalue weighted by atomic mass is 32.2. The first kappa shape index (κ1) is 17.7. The van der Waals surface area contributed by atoms with E-state index in [0.29, 0.717) is 0 Å². The number of hydrogen-bond acceptors (Lipinski definition) is 3. The van der Waals surface area contributed by atoms with Gasteiger partial charge in [-0.2, -0.15) is 0 Å². The number of aryl methyl sites for hydroxylation is 1. The van der Waals surface area contributed by atoms with E-state index >= 15 is 0 Å². The topological polar surface area (TPSA) is 54.5 Å². The van der Waals surface area contributed by atoms with Gasteiger partial charge in [0, 0.05) is 5.54 Å². The summed E-state index contributed by atoms with van der Waals surface area (Å²) >= 11 is 0. The van der Waals surface area contributed by atoms with E-state index < -0.39 is 18.1 Å². The maximum Gasteiger partial charge on any atom is 0.266 e. The van der Waals surface area contributed by atoms with Gasteiger partial charge in [0.25, 0.3) is 10.0 Å². The molecule has 1 saturated heterocycles. The Balaban J connectivity index is 2.05. The Morgan fingerprint density at radius 1 is 1.04 bits per heavy atom. The maximum absolute atomic E-state index is 13.2. The number of carbonyl (C=O) groups is 1. The Bertz CT molecular complexity index is 737. The zero-order valence-corrected chi connectivity index (χ0v) is 16.8. The molecule has 1 aromatic carbocycles. The second kappa shape index (κ2) is 5.99. The molecule has 0 aromatic heterocycles. The summed E-state index contributed by atoms with van der Waals surface area (Å²) < 4.78 is 27.7. The van der Waals surface area contributed by atoms with E-state index in [9.17, 15) is 13.2 Å². The minimum absolute atomic E-state index is 0.0805. The van der Waals surface area contributed by atoms with Crippen molar-refractivity contribution in [2.24, 2.45) is 5.92 Å². The van der Waals surface area contributed by atoms with Crippen molar-refractivity contribution in [3.05, 3.63) is 29.8 Å². The lowest BCUT2D eigenvalue weighted by Gasteiger charge is -2.33. The van der Waals surface area contributed by atoms with E-state index in [4.69, 9.17) is 0 Å². The second-order valence-electron chi connectivity index (χ2n) is 8.31. The zero-order chi connectivity index (χ0) is 17.7. The molecule has 0 spiro atoms. The summed E-state index contributed by atoms with van der Waals surface area (Å²) in [4.78, 5) is 13.4. The van der Waals surface area contributed by atoms with E-state index in [0.717, 1.165) is 31.2 Å². The molecule has 1 heterocycles. The lowest BCUT2D eigenvalue weighted by atomic mass is 9.85. The Morgan fingerprint density at radius 2 is 1.62 bits per heavy atom. The first-order valence-corrected chi connectivity index (χ1v) is 13.8. The molecule has 2 aliphatic rings. The van der Waals surface area contributed by atoms with Crippen molar-refractivity contribution in [2.75, 3.05) is 0 Å². The van der Waals surface area contributed by atoms with Crippen LogP contribution in [-0.2, 0) is 14.8 Å². The number of nitrogens with zero attached hydrogens (tertiary/aromatic N) is 1. The highest BCUT2D eigenvalue weighted by Gasteiger charge is 2.56. The molecule has 6 heteroatoms. The molecule has 4 nitrogen and oxygen atoms in total. The predicted octanol–water partition coefficient (Wildman–Crippen LogP) is 3.79. The van der Waals surface area contributed by atoms with Crippen LogP contribution in [0.3, 0.4) is 0 Å². The summed E-state index contributed by atoms with van der Waals surface area (Å²) in [6, 6.07) is 6.69. The van der Waals surface area contributed by atoms with Crippen LogP contribution in [-0.4, -0.2) is 32.7 Å². The van der Waals surface area contributed by atoms with Crippen molar-refractivity contribution in [1.82, 2.24) is 4.31 Å². The summed E-state index contributed by atoms with van der Waals surface area (Å²) in [5.41, 5.74) is 0.931. The number of carbonyl (C=O) groups excluding carboxylic acids is 1. The number of benzene rings is 1. The van der Waals surface area contributed by atoms with Crippen molar-refractivity contribution in [2.45, 2.75) is 68.7 Å². The van der Waals surface area contributed by atoms with Crippen LogP contribution in [0.1, 0.15) is 31.2 Å². The third-order valence-electron chi connectivity index (χ3n) is 5.51. The van der Waals surface area contributed by atoms with Crippen LogP contribution in [0.5, 0.6) is 0 Å². The molecule has 1 aliphatic heterocycles. The van der Waals surface area contributed by atoms with Crippen LogP contribution in [0.25, 0.3) is 0 Å². The van der Waals surface area contributed by atoms with Gasteiger partial charge in [-0.25, -0.2) is 12.7 Å². The van der Waals surface area contributed by atoms with Crippen LogP contribution in [0.4, 0.5) is 0 Å². The van der Waals surface area contributed by atoms with Crippen molar-refractivity contribution in [3.8, 4) is 0 Å². The van der Waals surface area contributed by atoms with Gasteiger partial charge in [-0.05, 0) is 37.8 Å². The normalized spacial score (nSPS) is 28.1. The molecule has 24 heavy (non-hydrogen) atoms. The quantitative estimate of drug-likeness (QED) is 0.766. The lowest BCUT2D eigenvalue weighted by molar-refractivity contribution is -0.124. The molecule has 1 aromatic rings. The number of sulfonamides is 1. The van der Waals surface area contributed by atoms with E-state index in [1.807, 2.05) is 6.92 Å². The molecule has 132 valence electrons. The molecule has 1 amide bonds. The molecule has 0 radical (unpaired) electrons. The number of amides is 1. The Hall–Kier alpha value is -1.14. The molecular formula is C18H27NO3SSi. The van der Waals surface area contributed by atoms with Gasteiger partial charge in [-0.3, -0.25) is 4.79 Å². The van der Waals surface area contributed by atoms with Gasteiger partial charge in [-0.15, -0.1) is 0 Å². The summed E-state index contributed by atoms with van der Waals surface area (Å²) in [5.74, 6) is 0.0600. The van der Waals surface area contributed by atoms with E-state index in [1.54, 1.807) is 24.3 Å². The summed E-state index contributed by atoms with van der Waals surface area (Å²) in [7, 11) is -5.54. The van der Waals surface area contributed by atoms with E-state index in [1.165, 1.54) is 4.31 Å². The summed E-state index contributed by atoms with van der Waals surface area (Å²) in [6.45, 7) is 8.48. The van der Waals surface area contributed by atoms with Crippen molar-refractivity contribution in [3.63, 3.8) is 0 Å². The summed E-state index contributed by atoms with van der Waals surface area (Å²) in [5, 5.41) is 0. The maximum atomic E-state index is 13.2. The van der Waals surface area contributed by atoms with Gasteiger partial charge in [0.2, 0.25) is 5.91 Å². The molecule has 3 atom stereocenters. The van der Waals surface area contributed by atoms with Crippen molar-refractivity contribution < 1.29 is 13.2 Å². The third-order valence-corrected chi connectivity index (χ3v) is 9.88. The lowest BCUT2D eigenvalue weighted by Crippen LogP contribution is -2.41. The van der Waals surface area contributed by atoms with Crippen LogP contribution < -0.4 is 0 Å². The van der Waals surface area contributed by atoms with Crippen LogP contribution in [0.2, 0.25) is 25.2 Å². The highest BCUT2D eigenvalue weighted by Crippen LogP contribution is 2.50. The Kier molecular flexibility index (Phi) is 4.41. The van der Waals surface area contributed by atoms with E-state index in [2.05, 4.69) is 19.6 Å². The third kappa shape index (κ3) is 2.84. The van der Waals surface area contributed by atoms with Gasteiger partial charge in [0.15, 0.2) is 0 Å². The highest BCUT2D eigenvalue weighted by molar-refractivity contribution is 7.89. The van der Waals surface area contributed by atoms with Gasteiger partial charge in [0.1, 0.15) is 0 Å². The number of rotatable bonds is 3. The first-order valence-electron chi connectivity index (χ1n) is 8.79. The van der Waals surface area contributed by atoms with Gasteiger partial charge in [0.05, 0.1) is 19.0 Å². The predicted molar refractivity (Wildman–Crippen MR) is 98.1 cm³/mol. The molecule has 1 aliphatic carbocycles. The molecule has 0 N–H and O–H groups in total. The fourth-order valence-electron chi connectivity index (χ4n) is 4.44. The monoisotopic (exact) mass is 365 g/mol. The van der Waals surface area contributed by atoms with Crippen molar-refractivity contribution in [1.29, 1.82) is 0 Å². The Morgan fingerprint density at radius 3 is 2.21 bits per heavy atom. The molecular weight excluding hydrogens is 338 g/mol. The second-order valence-corrected chi connectivity index (χ2v) is 15.5. The van der Waals surface area contributed by atoms with Crippen LogP contribution in [0, 0.1) is 12.8 Å². The largest absolute Gasteiger partial charge is 0.274 e. The molecule has 1 saturated carbocycles. The summed E-state index contributed by atoms with van der Waals surface area (Å²) in [6.07, 6.45) is 3.90. The average molecular weight is 366 g/mol. The van der Waals surface area contributed by atoms with Crippen LogP contribution >= 0.6 is 0 Å². The smallest absolute Gasteiger partial charge is 0.266 e. The van der Waals surface area contributed by atoms with Crippen molar-refractivity contribution >= 4 is 24.0 Å². The molecule has 0 bridgehead atoms. The first-order chi connectivity index (χ1) is 11.1. The van der Waals surface area contributed by atoms with Gasteiger partial charge >= 0.3 is 0 Å². The zero-order valence-electron chi connectivity index (χ0n) is 15.0. The fourth-order valence-corrected chi connectivity index (χ4v) is 8.76. The van der Waals surface area contributed by atoms with Crippen LogP contribution in [0.15, 0.2) is 29.2 Å². The fraction of sp³-hybridized carbons (Fsp3) is 0.611. The molecule has 0 unspecified atom stereocenters.